The van der Waals surface area contributed by atoms with E-state index < -0.39 is 0 Å². The van der Waals surface area contributed by atoms with Gasteiger partial charge in [0.1, 0.15) is 5.75 Å². The van der Waals surface area contributed by atoms with Gasteiger partial charge in [-0.05, 0) is 30.7 Å². The van der Waals surface area contributed by atoms with Gasteiger partial charge in [0.25, 0.3) is 0 Å². The van der Waals surface area contributed by atoms with E-state index in [2.05, 4.69) is 6.92 Å². The van der Waals surface area contributed by atoms with Crippen molar-refractivity contribution in [3.63, 3.8) is 0 Å². The second-order valence-electron chi connectivity index (χ2n) is 3.46. The van der Waals surface area contributed by atoms with Crippen LogP contribution in [0.15, 0.2) is 24.3 Å². The van der Waals surface area contributed by atoms with Crippen LogP contribution < -0.4 is 4.74 Å². The SMILES string of the molecule is [CH2]CCCCC(=O)c1ccc(OC)cc1. The molecule has 1 aromatic rings. The Bertz CT molecular complexity index is 301. The number of carbonyl (C=O) groups is 1. The molecule has 0 spiro atoms. The van der Waals surface area contributed by atoms with E-state index in [9.17, 15) is 4.79 Å². The van der Waals surface area contributed by atoms with E-state index in [4.69, 9.17) is 4.74 Å². The van der Waals surface area contributed by atoms with Crippen molar-refractivity contribution in [1.82, 2.24) is 0 Å². The van der Waals surface area contributed by atoms with E-state index in [0.29, 0.717) is 6.42 Å². The van der Waals surface area contributed by atoms with E-state index >= 15 is 0 Å². The predicted octanol–water partition coefficient (Wildman–Crippen LogP) is 3.27. The molecule has 0 aliphatic rings. The van der Waals surface area contributed by atoms with Crippen molar-refractivity contribution in [2.24, 2.45) is 0 Å². The molecule has 2 heteroatoms. The zero-order valence-corrected chi connectivity index (χ0v) is 9.16. The Hall–Kier alpha value is -1.31. The highest BCUT2D eigenvalue weighted by Gasteiger charge is 2.04. The summed E-state index contributed by atoms with van der Waals surface area (Å²) in [6.07, 6.45) is 3.45. The minimum absolute atomic E-state index is 0.200. The summed E-state index contributed by atoms with van der Waals surface area (Å²) in [6, 6.07) is 7.25. The summed E-state index contributed by atoms with van der Waals surface area (Å²) in [5.74, 6) is 0.982. The lowest BCUT2D eigenvalue weighted by molar-refractivity contribution is 0.0979. The number of ketones is 1. The maximum atomic E-state index is 11.7. The molecule has 0 aliphatic heterocycles. The number of hydrogen-bond acceptors (Lipinski definition) is 2. The summed E-state index contributed by atoms with van der Waals surface area (Å²) >= 11 is 0. The fourth-order valence-electron chi connectivity index (χ4n) is 1.38. The molecule has 0 aromatic heterocycles. The van der Waals surface area contributed by atoms with Crippen LogP contribution in [0.3, 0.4) is 0 Å². The lowest BCUT2D eigenvalue weighted by Gasteiger charge is -2.02. The van der Waals surface area contributed by atoms with E-state index in [1.54, 1.807) is 7.11 Å². The first-order valence-corrected chi connectivity index (χ1v) is 5.24. The molecule has 0 heterocycles. The standard InChI is InChI=1S/C13H17O2/c1-3-4-5-6-13(14)11-7-9-12(15-2)10-8-11/h7-10H,1,3-6H2,2H3. The molecule has 1 radical (unpaired) electrons. The second kappa shape index (κ2) is 6.23. The van der Waals surface area contributed by atoms with E-state index in [1.807, 2.05) is 24.3 Å². The fourth-order valence-corrected chi connectivity index (χ4v) is 1.38. The highest BCUT2D eigenvalue weighted by atomic mass is 16.5. The monoisotopic (exact) mass is 205 g/mol. The van der Waals surface area contributed by atoms with Gasteiger partial charge in [-0.1, -0.05) is 19.8 Å². The number of rotatable bonds is 6. The maximum absolute atomic E-state index is 11.7. The van der Waals surface area contributed by atoms with Crippen LogP contribution in [0.4, 0.5) is 0 Å². The quantitative estimate of drug-likeness (QED) is 0.526. The largest absolute Gasteiger partial charge is 0.497 e. The number of Topliss-reactive ketones (excluding diaryl/α,β-unsaturated/α-hetero) is 1. The number of methoxy groups -OCH3 is 1. The first-order valence-electron chi connectivity index (χ1n) is 5.24. The Labute approximate surface area is 91.3 Å². The summed E-state index contributed by atoms with van der Waals surface area (Å²) in [5.41, 5.74) is 0.764. The van der Waals surface area contributed by atoms with Gasteiger partial charge < -0.3 is 4.74 Å². The van der Waals surface area contributed by atoms with E-state index in [0.717, 1.165) is 30.6 Å². The summed E-state index contributed by atoms with van der Waals surface area (Å²) in [6.45, 7) is 3.75. The summed E-state index contributed by atoms with van der Waals surface area (Å²) in [5, 5.41) is 0. The van der Waals surface area contributed by atoms with E-state index in [1.165, 1.54) is 0 Å². The molecule has 15 heavy (non-hydrogen) atoms. The smallest absolute Gasteiger partial charge is 0.162 e. The molecule has 1 aromatic carbocycles. The highest BCUT2D eigenvalue weighted by Crippen LogP contribution is 2.13. The van der Waals surface area contributed by atoms with Gasteiger partial charge in [0, 0.05) is 12.0 Å². The number of carbonyl (C=O) groups excluding carboxylic acids is 1. The Kier molecular flexibility index (Phi) is 4.88. The maximum Gasteiger partial charge on any atom is 0.162 e. The van der Waals surface area contributed by atoms with Crippen molar-refractivity contribution in [1.29, 1.82) is 0 Å². The molecule has 2 nitrogen and oxygen atoms in total. The van der Waals surface area contributed by atoms with Crippen molar-refractivity contribution in [3.8, 4) is 5.75 Å². The molecule has 81 valence electrons. The Morgan fingerprint density at radius 2 is 1.93 bits per heavy atom. The highest BCUT2D eigenvalue weighted by molar-refractivity contribution is 5.96. The molecule has 1 rings (SSSR count). The van der Waals surface area contributed by atoms with Crippen LogP contribution in [0.5, 0.6) is 5.75 Å². The Balaban J connectivity index is 2.50. The lowest BCUT2D eigenvalue weighted by Crippen LogP contribution is -1.98. The third-order valence-corrected chi connectivity index (χ3v) is 2.32. The summed E-state index contributed by atoms with van der Waals surface area (Å²) < 4.78 is 5.03. The van der Waals surface area contributed by atoms with Crippen molar-refractivity contribution in [2.75, 3.05) is 7.11 Å². The van der Waals surface area contributed by atoms with Gasteiger partial charge in [0.15, 0.2) is 5.78 Å². The predicted molar refractivity (Wildman–Crippen MR) is 61.1 cm³/mol. The minimum Gasteiger partial charge on any atom is -0.497 e. The molecular formula is C13H17O2. The van der Waals surface area contributed by atoms with Crippen molar-refractivity contribution < 1.29 is 9.53 Å². The van der Waals surface area contributed by atoms with Crippen LogP contribution in [0, 0.1) is 6.92 Å². The first-order chi connectivity index (χ1) is 7.27. The van der Waals surface area contributed by atoms with Crippen LogP contribution in [0.1, 0.15) is 36.0 Å². The first kappa shape index (κ1) is 11.8. The lowest BCUT2D eigenvalue weighted by atomic mass is 10.0. The molecule has 0 atom stereocenters. The number of unbranched alkanes of at least 4 members (excludes halogenated alkanes) is 2. The van der Waals surface area contributed by atoms with Gasteiger partial charge >= 0.3 is 0 Å². The second-order valence-corrected chi connectivity index (χ2v) is 3.46. The third-order valence-electron chi connectivity index (χ3n) is 2.32. The summed E-state index contributed by atoms with van der Waals surface area (Å²) in [4.78, 5) is 11.7. The number of hydrogen-bond donors (Lipinski definition) is 0. The zero-order valence-electron chi connectivity index (χ0n) is 9.16. The molecule has 0 unspecified atom stereocenters. The molecule has 0 aliphatic carbocycles. The third kappa shape index (κ3) is 3.74. The van der Waals surface area contributed by atoms with Crippen molar-refractivity contribution in [3.05, 3.63) is 36.8 Å². The minimum atomic E-state index is 0.200. The summed E-state index contributed by atoms with van der Waals surface area (Å²) in [7, 11) is 1.62. The number of ether oxygens (including phenoxy) is 1. The topological polar surface area (TPSA) is 26.3 Å². The molecule has 0 fully saturated rings. The van der Waals surface area contributed by atoms with Crippen molar-refractivity contribution in [2.45, 2.75) is 25.7 Å². The van der Waals surface area contributed by atoms with Crippen molar-refractivity contribution >= 4 is 5.78 Å². The average molecular weight is 205 g/mol. The fraction of sp³-hybridized carbons (Fsp3) is 0.385. The van der Waals surface area contributed by atoms with Crippen LogP contribution >= 0.6 is 0 Å². The zero-order chi connectivity index (χ0) is 11.1. The Morgan fingerprint density at radius 3 is 2.47 bits per heavy atom. The molecule has 0 saturated heterocycles. The van der Waals surface area contributed by atoms with Gasteiger partial charge in [0.2, 0.25) is 0 Å². The van der Waals surface area contributed by atoms with Crippen LogP contribution in [0.2, 0.25) is 0 Å². The molecule has 0 bridgehead atoms. The van der Waals surface area contributed by atoms with Gasteiger partial charge in [0.05, 0.1) is 7.11 Å². The van der Waals surface area contributed by atoms with Crippen LogP contribution in [-0.4, -0.2) is 12.9 Å². The number of benzene rings is 1. The molecule has 0 N–H and O–H groups in total. The van der Waals surface area contributed by atoms with Gasteiger partial charge in [-0.15, -0.1) is 0 Å². The normalized spacial score (nSPS) is 10.0. The van der Waals surface area contributed by atoms with Gasteiger partial charge in [-0.3, -0.25) is 4.79 Å². The Morgan fingerprint density at radius 1 is 1.27 bits per heavy atom. The van der Waals surface area contributed by atoms with Gasteiger partial charge in [-0.25, -0.2) is 0 Å². The van der Waals surface area contributed by atoms with Gasteiger partial charge in [-0.2, -0.15) is 0 Å². The molecular weight excluding hydrogens is 188 g/mol. The van der Waals surface area contributed by atoms with Crippen LogP contribution in [-0.2, 0) is 0 Å². The average Bonchev–Trinajstić information content (AvgIpc) is 2.29. The van der Waals surface area contributed by atoms with Crippen LogP contribution in [0.25, 0.3) is 0 Å². The molecule has 0 amide bonds. The molecule has 0 saturated carbocycles. The van der Waals surface area contributed by atoms with E-state index in [-0.39, 0.29) is 5.78 Å².